The number of carbonyl (C=O) groups excluding carboxylic acids is 1. The highest BCUT2D eigenvalue weighted by atomic mass is 16.4. The molecular weight excluding hydrogens is 174 g/mol. The van der Waals surface area contributed by atoms with Crippen LogP contribution >= 0.6 is 0 Å². The van der Waals surface area contributed by atoms with Crippen molar-refractivity contribution >= 4 is 11.9 Å². The smallest absolute Gasteiger partial charge is 0.333 e. The van der Waals surface area contributed by atoms with Crippen LogP contribution in [0.3, 0.4) is 0 Å². The lowest BCUT2D eigenvalue weighted by Crippen LogP contribution is -2.63. The topological polar surface area (TPSA) is 86.6 Å². The van der Waals surface area contributed by atoms with Gasteiger partial charge in [0.2, 0.25) is 5.91 Å². The molecule has 5 nitrogen and oxygen atoms in total. The molecule has 0 aromatic rings. The molecule has 72 valence electrons. The first-order valence-electron chi connectivity index (χ1n) is 3.85. The van der Waals surface area contributed by atoms with Gasteiger partial charge < -0.3 is 15.5 Å². The number of β-lactam (4-membered cyclic amide) rings is 1. The van der Waals surface area contributed by atoms with E-state index in [0.717, 1.165) is 0 Å². The number of carboxylic acid groups (broad SMARTS) is 1. The number of aliphatic hydroxyl groups excluding tert-OH is 1. The minimum Gasteiger partial charge on any atom is -0.478 e. The first-order chi connectivity index (χ1) is 5.95. The van der Waals surface area contributed by atoms with E-state index in [1.165, 1.54) is 6.92 Å². The van der Waals surface area contributed by atoms with Crippen LogP contribution in [-0.4, -0.2) is 34.2 Å². The molecule has 1 aliphatic heterocycles. The summed E-state index contributed by atoms with van der Waals surface area (Å²) in [6, 6.07) is -0.634. The summed E-state index contributed by atoms with van der Waals surface area (Å²) in [5.41, 5.74) is -0.0921. The van der Waals surface area contributed by atoms with Crippen LogP contribution in [-0.2, 0) is 9.59 Å². The average molecular weight is 185 g/mol. The summed E-state index contributed by atoms with van der Waals surface area (Å²) in [4.78, 5) is 21.4. The zero-order valence-electron chi connectivity index (χ0n) is 7.15. The molecule has 3 atom stereocenters. The Balaban J connectivity index is 2.70. The number of hydrogen-bond donors (Lipinski definition) is 3. The maximum Gasteiger partial charge on any atom is 0.333 e. The second-order valence-corrected chi connectivity index (χ2v) is 3.08. The van der Waals surface area contributed by atoms with Crippen LogP contribution in [0.2, 0.25) is 0 Å². The molecule has 0 spiro atoms. The first-order valence-corrected chi connectivity index (χ1v) is 3.85. The van der Waals surface area contributed by atoms with Crippen molar-refractivity contribution in [3.63, 3.8) is 0 Å². The fourth-order valence-electron chi connectivity index (χ4n) is 1.33. The molecule has 0 saturated carbocycles. The fraction of sp³-hybridized carbons (Fsp3) is 0.500. The quantitative estimate of drug-likeness (QED) is 0.393. The van der Waals surface area contributed by atoms with Gasteiger partial charge in [-0.25, -0.2) is 4.79 Å². The summed E-state index contributed by atoms with van der Waals surface area (Å²) < 4.78 is 0. The first kappa shape index (κ1) is 9.73. The van der Waals surface area contributed by atoms with E-state index >= 15 is 0 Å². The Kier molecular flexibility index (Phi) is 2.38. The van der Waals surface area contributed by atoms with E-state index in [4.69, 9.17) is 10.2 Å². The molecule has 13 heavy (non-hydrogen) atoms. The standard InChI is InChI=1S/C8H11NO4/c1-3(8(12)13)6-5(4(2)10)7(11)9-6/h4-6,10H,1H2,2H3,(H,9,11)(H,12,13). The largest absolute Gasteiger partial charge is 0.478 e. The van der Waals surface area contributed by atoms with Gasteiger partial charge in [-0.05, 0) is 6.92 Å². The summed E-state index contributed by atoms with van der Waals surface area (Å²) in [6.07, 6.45) is -0.852. The van der Waals surface area contributed by atoms with Crippen LogP contribution in [0.25, 0.3) is 0 Å². The molecule has 5 heteroatoms. The third-order valence-corrected chi connectivity index (χ3v) is 2.13. The molecule has 0 aromatic heterocycles. The number of aliphatic carboxylic acids is 1. The predicted molar refractivity (Wildman–Crippen MR) is 43.9 cm³/mol. The Morgan fingerprint density at radius 2 is 2.23 bits per heavy atom. The lowest BCUT2D eigenvalue weighted by atomic mass is 9.82. The van der Waals surface area contributed by atoms with Crippen molar-refractivity contribution in [2.45, 2.75) is 19.1 Å². The Hall–Kier alpha value is -1.36. The SMILES string of the molecule is C=C(C(=O)O)C1NC(=O)C1C(C)O. The minimum atomic E-state index is -1.16. The Labute approximate surface area is 75.1 Å². The van der Waals surface area contributed by atoms with Gasteiger partial charge in [0.05, 0.1) is 23.6 Å². The zero-order valence-corrected chi connectivity index (χ0v) is 7.15. The van der Waals surface area contributed by atoms with Crippen molar-refractivity contribution in [1.29, 1.82) is 0 Å². The number of nitrogens with one attached hydrogen (secondary N) is 1. The molecule has 1 fully saturated rings. The van der Waals surface area contributed by atoms with Gasteiger partial charge in [0.1, 0.15) is 0 Å². The number of carboxylic acids is 1. The number of hydrogen-bond acceptors (Lipinski definition) is 3. The normalized spacial score (nSPS) is 28.6. The number of carbonyl (C=O) groups is 2. The van der Waals surface area contributed by atoms with E-state index in [1.807, 2.05) is 0 Å². The van der Waals surface area contributed by atoms with Crippen LogP contribution in [0.4, 0.5) is 0 Å². The third kappa shape index (κ3) is 1.55. The van der Waals surface area contributed by atoms with E-state index < -0.39 is 24.0 Å². The van der Waals surface area contributed by atoms with Gasteiger partial charge in [-0.2, -0.15) is 0 Å². The van der Waals surface area contributed by atoms with Crippen molar-refractivity contribution in [1.82, 2.24) is 5.32 Å². The van der Waals surface area contributed by atoms with E-state index in [1.54, 1.807) is 0 Å². The van der Waals surface area contributed by atoms with E-state index in [2.05, 4.69) is 11.9 Å². The van der Waals surface area contributed by atoms with E-state index in [-0.39, 0.29) is 11.5 Å². The molecule has 1 amide bonds. The number of amides is 1. The summed E-state index contributed by atoms with van der Waals surface area (Å²) in [5.74, 6) is -2.17. The van der Waals surface area contributed by atoms with Gasteiger partial charge in [0, 0.05) is 0 Å². The van der Waals surface area contributed by atoms with Gasteiger partial charge in [-0.3, -0.25) is 4.79 Å². The monoisotopic (exact) mass is 185 g/mol. The minimum absolute atomic E-state index is 0.0921. The lowest BCUT2D eigenvalue weighted by Gasteiger charge is -2.38. The molecule has 0 aliphatic carbocycles. The second-order valence-electron chi connectivity index (χ2n) is 3.08. The number of rotatable bonds is 3. The molecule has 0 radical (unpaired) electrons. The highest BCUT2D eigenvalue weighted by Crippen LogP contribution is 2.24. The average Bonchev–Trinajstić information content (AvgIpc) is 1.97. The fourth-order valence-corrected chi connectivity index (χ4v) is 1.33. The maximum atomic E-state index is 10.9. The van der Waals surface area contributed by atoms with Crippen molar-refractivity contribution in [3.05, 3.63) is 12.2 Å². The molecule has 3 N–H and O–H groups in total. The summed E-state index contributed by atoms with van der Waals surface area (Å²) in [7, 11) is 0. The van der Waals surface area contributed by atoms with Gasteiger partial charge in [0.15, 0.2) is 0 Å². The summed E-state index contributed by atoms with van der Waals surface area (Å²) in [6.45, 7) is 4.77. The van der Waals surface area contributed by atoms with Crippen molar-refractivity contribution in [3.8, 4) is 0 Å². The van der Waals surface area contributed by atoms with Gasteiger partial charge in [-0.1, -0.05) is 6.58 Å². The lowest BCUT2D eigenvalue weighted by molar-refractivity contribution is -0.141. The highest BCUT2D eigenvalue weighted by molar-refractivity contribution is 5.95. The molecule has 1 rings (SSSR count). The highest BCUT2D eigenvalue weighted by Gasteiger charge is 2.45. The van der Waals surface area contributed by atoms with E-state index in [9.17, 15) is 9.59 Å². The van der Waals surface area contributed by atoms with Crippen LogP contribution in [0.1, 0.15) is 6.92 Å². The van der Waals surface area contributed by atoms with Crippen molar-refractivity contribution in [2.75, 3.05) is 0 Å². The molecule has 0 aromatic carbocycles. The van der Waals surface area contributed by atoms with Crippen molar-refractivity contribution < 1.29 is 19.8 Å². The molecule has 1 heterocycles. The van der Waals surface area contributed by atoms with Crippen LogP contribution in [0, 0.1) is 5.92 Å². The van der Waals surface area contributed by atoms with Gasteiger partial charge >= 0.3 is 5.97 Å². The van der Waals surface area contributed by atoms with E-state index in [0.29, 0.717) is 0 Å². The van der Waals surface area contributed by atoms with Gasteiger partial charge in [0.25, 0.3) is 0 Å². The second kappa shape index (κ2) is 3.18. The van der Waals surface area contributed by atoms with Crippen LogP contribution in [0.5, 0.6) is 0 Å². The molecular formula is C8H11NO4. The molecule has 1 aliphatic rings. The summed E-state index contributed by atoms with van der Waals surface area (Å²) in [5, 5.41) is 20.1. The number of aliphatic hydroxyl groups is 1. The predicted octanol–water partition coefficient (Wildman–Crippen LogP) is -0.877. The van der Waals surface area contributed by atoms with Crippen LogP contribution in [0.15, 0.2) is 12.2 Å². The maximum absolute atomic E-state index is 10.9. The van der Waals surface area contributed by atoms with Crippen molar-refractivity contribution in [2.24, 2.45) is 5.92 Å². The summed E-state index contributed by atoms with van der Waals surface area (Å²) >= 11 is 0. The molecule has 0 bridgehead atoms. The Bertz CT molecular complexity index is 271. The van der Waals surface area contributed by atoms with Crippen LogP contribution < -0.4 is 5.32 Å². The molecule has 1 saturated heterocycles. The molecule has 3 unspecified atom stereocenters. The zero-order chi connectivity index (χ0) is 10.2. The van der Waals surface area contributed by atoms with Gasteiger partial charge in [-0.15, -0.1) is 0 Å². The Morgan fingerprint density at radius 1 is 1.69 bits per heavy atom. The third-order valence-electron chi connectivity index (χ3n) is 2.13. The Morgan fingerprint density at radius 3 is 2.54 bits per heavy atom.